The normalized spacial score (nSPS) is 21.9. The number of nitriles is 1. The molecule has 2 aliphatic rings. The van der Waals surface area contributed by atoms with Crippen LogP contribution in [0.25, 0.3) is 0 Å². The van der Waals surface area contributed by atoms with Crippen molar-refractivity contribution in [1.29, 1.82) is 5.26 Å². The Labute approximate surface area is 154 Å². The minimum Gasteiger partial charge on any atom is -0.348 e. The van der Waals surface area contributed by atoms with E-state index in [9.17, 15) is 9.59 Å². The van der Waals surface area contributed by atoms with Crippen LogP contribution in [0, 0.1) is 24.2 Å². The van der Waals surface area contributed by atoms with E-state index in [1.54, 1.807) is 6.92 Å². The molecule has 26 heavy (non-hydrogen) atoms. The molecule has 1 saturated carbocycles. The van der Waals surface area contributed by atoms with Crippen molar-refractivity contribution in [2.24, 2.45) is 5.92 Å². The number of pyridine rings is 1. The van der Waals surface area contributed by atoms with Crippen LogP contribution in [0.4, 0.5) is 0 Å². The van der Waals surface area contributed by atoms with Crippen molar-refractivity contribution in [2.45, 2.75) is 57.9 Å². The van der Waals surface area contributed by atoms with Crippen LogP contribution in [-0.4, -0.2) is 41.5 Å². The van der Waals surface area contributed by atoms with Crippen LogP contribution in [0.3, 0.4) is 0 Å². The van der Waals surface area contributed by atoms with Crippen molar-refractivity contribution in [3.8, 4) is 6.07 Å². The number of hydrogen-bond donors (Lipinski definition) is 2. The van der Waals surface area contributed by atoms with Gasteiger partial charge in [0.15, 0.2) is 0 Å². The lowest BCUT2D eigenvalue weighted by molar-refractivity contribution is 0.0889. The molecule has 1 aromatic rings. The fourth-order valence-corrected chi connectivity index (χ4v) is 4.28. The SMILES string of the molecule is Cc1[nH]c(=O)c(C#N)cc1C(=O)N[C@H]1CCCN(CC2CCCCC2)C1. The van der Waals surface area contributed by atoms with Crippen molar-refractivity contribution >= 4 is 5.91 Å². The number of H-pyrrole nitrogens is 1. The largest absolute Gasteiger partial charge is 0.348 e. The smallest absolute Gasteiger partial charge is 0.266 e. The predicted molar refractivity (Wildman–Crippen MR) is 100 cm³/mol. The molecule has 3 rings (SSSR count). The summed E-state index contributed by atoms with van der Waals surface area (Å²) < 4.78 is 0. The molecule has 1 aliphatic carbocycles. The molecule has 1 saturated heterocycles. The van der Waals surface area contributed by atoms with Crippen molar-refractivity contribution in [3.63, 3.8) is 0 Å². The Kier molecular flexibility index (Phi) is 6.10. The fourth-order valence-electron chi connectivity index (χ4n) is 4.28. The molecule has 2 fully saturated rings. The fraction of sp³-hybridized carbons (Fsp3) is 0.650. The van der Waals surface area contributed by atoms with E-state index in [1.165, 1.54) is 38.2 Å². The number of carbonyl (C=O) groups excluding carboxylic acids is 1. The molecule has 1 aliphatic heterocycles. The zero-order valence-electron chi connectivity index (χ0n) is 15.5. The zero-order valence-corrected chi connectivity index (χ0v) is 15.5. The van der Waals surface area contributed by atoms with Gasteiger partial charge in [0.2, 0.25) is 0 Å². The van der Waals surface area contributed by atoms with Gasteiger partial charge in [-0.1, -0.05) is 19.3 Å². The van der Waals surface area contributed by atoms with Gasteiger partial charge in [-0.25, -0.2) is 0 Å². The molecule has 0 bridgehead atoms. The molecule has 1 amide bonds. The van der Waals surface area contributed by atoms with Gasteiger partial charge in [-0.3, -0.25) is 9.59 Å². The summed E-state index contributed by atoms with van der Waals surface area (Å²) in [6.07, 6.45) is 8.81. The number of carbonyl (C=O) groups is 1. The molecule has 2 N–H and O–H groups in total. The maximum atomic E-state index is 12.6. The van der Waals surface area contributed by atoms with Gasteiger partial charge in [-0.2, -0.15) is 5.26 Å². The Morgan fingerprint density at radius 1 is 1.31 bits per heavy atom. The molecule has 0 radical (unpaired) electrons. The molecule has 6 nitrogen and oxygen atoms in total. The van der Waals surface area contributed by atoms with Gasteiger partial charge in [0, 0.05) is 24.8 Å². The summed E-state index contributed by atoms with van der Waals surface area (Å²) in [5, 5.41) is 12.1. The summed E-state index contributed by atoms with van der Waals surface area (Å²) in [6, 6.07) is 3.36. The molecule has 6 heteroatoms. The lowest BCUT2D eigenvalue weighted by Crippen LogP contribution is -2.49. The molecule has 1 atom stereocenters. The first-order valence-corrected chi connectivity index (χ1v) is 9.74. The second kappa shape index (κ2) is 8.50. The summed E-state index contributed by atoms with van der Waals surface area (Å²) in [7, 11) is 0. The number of nitrogens with one attached hydrogen (secondary N) is 2. The van der Waals surface area contributed by atoms with Gasteiger partial charge in [-0.15, -0.1) is 0 Å². The number of amides is 1. The Balaban J connectivity index is 1.60. The lowest BCUT2D eigenvalue weighted by atomic mass is 9.88. The number of aryl methyl sites for hydroxylation is 1. The number of aromatic amines is 1. The first kappa shape index (κ1) is 18.7. The highest BCUT2D eigenvalue weighted by atomic mass is 16.2. The van der Waals surface area contributed by atoms with Crippen molar-refractivity contribution in [2.75, 3.05) is 19.6 Å². The lowest BCUT2D eigenvalue weighted by Gasteiger charge is -2.36. The third-order valence-corrected chi connectivity index (χ3v) is 5.69. The molecule has 0 spiro atoms. The average Bonchev–Trinajstić information content (AvgIpc) is 2.63. The number of nitrogens with zero attached hydrogens (tertiary/aromatic N) is 2. The topological polar surface area (TPSA) is 89.0 Å². The van der Waals surface area contributed by atoms with Gasteiger partial charge in [0.05, 0.1) is 5.56 Å². The van der Waals surface area contributed by atoms with Gasteiger partial charge in [-0.05, 0) is 51.1 Å². The Morgan fingerprint density at radius 3 is 2.81 bits per heavy atom. The maximum Gasteiger partial charge on any atom is 0.266 e. The molecule has 0 unspecified atom stereocenters. The molecule has 0 aromatic carbocycles. The van der Waals surface area contributed by atoms with E-state index < -0.39 is 5.56 Å². The van der Waals surface area contributed by atoms with Gasteiger partial charge >= 0.3 is 0 Å². The maximum absolute atomic E-state index is 12.6. The number of piperidine rings is 1. The van der Waals surface area contributed by atoms with E-state index in [0.717, 1.165) is 38.4 Å². The van der Waals surface area contributed by atoms with Gasteiger partial charge in [0.1, 0.15) is 11.6 Å². The van der Waals surface area contributed by atoms with E-state index in [1.807, 2.05) is 6.07 Å². The van der Waals surface area contributed by atoms with Crippen LogP contribution in [0.15, 0.2) is 10.9 Å². The Bertz CT molecular complexity index is 743. The Hall–Kier alpha value is -2.13. The predicted octanol–water partition coefficient (Wildman–Crippen LogP) is 2.33. The van der Waals surface area contributed by atoms with Crippen LogP contribution in [0.1, 0.15) is 66.6 Å². The first-order valence-electron chi connectivity index (χ1n) is 9.74. The summed E-state index contributed by atoms with van der Waals surface area (Å²) in [6.45, 7) is 4.82. The van der Waals surface area contributed by atoms with Crippen molar-refractivity contribution < 1.29 is 4.79 Å². The third kappa shape index (κ3) is 4.53. The van der Waals surface area contributed by atoms with Crippen LogP contribution in [0.2, 0.25) is 0 Å². The van der Waals surface area contributed by atoms with Crippen molar-refractivity contribution in [1.82, 2.24) is 15.2 Å². The number of aromatic nitrogens is 1. The third-order valence-electron chi connectivity index (χ3n) is 5.69. The second-order valence-corrected chi connectivity index (χ2v) is 7.74. The highest BCUT2D eigenvalue weighted by Gasteiger charge is 2.25. The molecular weight excluding hydrogens is 328 g/mol. The van der Waals surface area contributed by atoms with Gasteiger partial charge in [0.25, 0.3) is 11.5 Å². The number of likely N-dealkylation sites (tertiary alicyclic amines) is 1. The van der Waals surface area contributed by atoms with Crippen LogP contribution < -0.4 is 10.9 Å². The summed E-state index contributed by atoms with van der Waals surface area (Å²) in [5.74, 6) is 0.595. The number of rotatable bonds is 4. The Morgan fingerprint density at radius 2 is 2.08 bits per heavy atom. The minimum absolute atomic E-state index is 0.0247. The van der Waals surface area contributed by atoms with Crippen LogP contribution >= 0.6 is 0 Å². The highest BCUT2D eigenvalue weighted by molar-refractivity contribution is 5.95. The van der Waals surface area contributed by atoms with Crippen LogP contribution in [-0.2, 0) is 0 Å². The summed E-state index contributed by atoms with van der Waals surface area (Å²) >= 11 is 0. The average molecular weight is 356 g/mol. The van der Waals surface area contributed by atoms with E-state index in [4.69, 9.17) is 5.26 Å². The van der Waals surface area contributed by atoms with E-state index >= 15 is 0 Å². The van der Waals surface area contributed by atoms with Crippen molar-refractivity contribution in [3.05, 3.63) is 33.2 Å². The zero-order chi connectivity index (χ0) is 18.5. The standard InChI is InChI=1S/C20H28N4O2/c1-14-18(10-16(11-21)19(25)22-14)20(26)23-17-8-5-9-24(13-17)12-15-6-3-2-4-7-15/h10,15,17H,2-9,12-13H2,1H3,(H,22,25)(H,23,26)/t17-/m0/s1. The monoisotopic (exact) mass is 356 g/mol. The van der Waals surface area contributed by atoms with E-state index in [0.29, 0.717) is 11.3 Å². The molecular formula is C20H28N4O2. The molecule has 140 valence electrons. The van der Waals surface area contributed by atoms with E-state index in [2.05, 4.69) is 15.2 Å². The highest BCUT2D eigenvalue weighted by Crippen LogP contribution is 2.25. The summed E-state index contributed by atoms with van der Waals surface area (Å²) in [4.78, 5) is 29.4. The first-order chi connectivity index (χ1) is 12.6. The quantitative estimate of drug-likeness (QED) is 0.866. The summed E-state index contributed by atoms with van der Waals surface area (Å²) in [5.41, 5.74) is 0.410. The molecule has 1 aromatic heterocycles. The van der Waals surface area contributed by atoms with Gasteiger partial charge < -0.3 is 15.2 Å². The molecule has 2 heterocycles. The van der Waals surface area contributed by atoms with Crippen LogP contribution in [0.5, 0.6) is 0 Å². The minimum atomic E-state index is -0.446. The number of hydrogen-bond acceptors (Lipinski definition) is 4. The van der Waals surface area contributed by atoms with E-state index in [-0.39, 0.29) is 17.5 Å². The second-order valence-electron chi connectivity index (χ2n) is 7.74.